The number of rotatable bonds is 6. The average molecular weight is 446 g/mol. The van der Waals surface area contributed by atoms with Crippen molar-refractivity contribution in [2.75, 3.05) is 6.54 Å². The van der Waals surface area contributed by atoms with E-state index in [0.717, 1.165) is 28.7 Å². The van der Waals surface area contributed by atoms with Gasteiger partial charge in [-0.15, -0.1) is 0 Å². The highest BCUT2D eigenvalue weighted by Crippen LogP contribution is 2.47. The van der Waals surface area contributed by atoms with Crippen molar-refractivity contribution in [3.8, 4) is 5.75 Å². The molecule has 1 saturated heterocycles. The van der Waals surface area contributed by atoms with Crippen LogP contribution in [0.25, 0.3) is 0 Å². The first-order valence-electron chi connectivity index (χ1n) is 10.6. The van der Waals surface area contributed by atoms with Crippen LogP contribution in [0.3, 0.4) is 0 Å². The minimum atomic E-state index is -0.929. The third-order valence-corrected chi connectivity index (χ3v) is 6.81. The first kappa shape index (κ1) is 20.6. The van der Waals surface area contributed by atoms with Gasteiger partial charge in [0.1, 0.15) is 18.4 Å². The zero-order valence-corrected chi connectivity index (χ0v) is 18.4. The number of aliphatic imine (C=N–C) groups is 1. The molecule has 0 bridgehead atoms. The smallest absolute Gasteiger partial charge is 0.335 e. The second-order valence-electron chi connectivity index (χ2n) is 8.00. The number of benzene rings is 2. The lowest BCUT2D eigenvalue weighted by atomic mass is 9.96. The fraction of sp³-hybridized carbons (Fsp3) is 0.240. The molecule has 1 N–H and O–H groups in total. The average Bonchev–Trinajstić information content (AvgIpc) is 3.35. The summed E-state index contributed by atoms with van der Waals surface area (Å²) in [5.41, 5.74) is 3.37. The Morgan fingerprint density at radius 1 is 1.12 bits per heavy atom. The molecule has 1 aromatic heterocycles. The second-order valence-corrected chi connectivity index (χ2v) is 9.40. The predicted octanol–water partition coefficient (Wildman–Crippen LogP) is 4.95. The number of ether oxygens (including phenoxy) is 1. The number of thioether (sulfide) groups is 1. The number of amidine groups is 1. The third kappa shape index (κ3) is 4.08. The van der Waals surface area contributed by atoms with Gasteiger partial charge in [-0.3, -0.25) is 9.98 Å². The maximum absolute atomic E-state index is 11.0. The minimum absolute atomic E-state index is 0.0225. The van der Waals surface area contributed by atoms with E-state index in [-0.39, 0.29) is 17.6 Å². The molecule has 0 aliphatic carbocycles. The van der Waals surface area contributed by atoms with Gasteiger partial charge in [0.05, 0.1) is 17.3 Å². The zero-order valence-electron chi connectivity index (χ0n) is 17.6. The van der Waals surface area contributed by atoms with Gasteiger partial charge in [0, 0.05) is 18.0 Å². The van der Waals surface area contributed by atoms with Gasteiger partial charge in [-0.05, 0) is 47.5 Å². The Balaban J connectivity index is 1.32. The quantitative estimate of drug-likeness (QED) is 0.579. The van der Waals surface area contributed by atoms with Crippen LogP contribution in [0.15, 0.2) is 77.9 Å². The number of hydrogen-bond acceptors (Lipinski definition) is 6. The van der Waals surface area contributed by atoms with Crippen LogP contribution in [0.2, 0.25) is 0 Å². The van der Waals surface area contributed by atoms with E-state index in [4.69, 9.17) is 14.8 Å². The number of nitrogens with zero attached hydrogens (tertiary/aromatic N) is 3. The van der Waals surface area contributed by atoms with Gasteiger partial charge in [-0.1, -0.05) is 49.0 Å². The molecule has 3 heterocycles. The molecule has 2 aliphatic heterocycles. The predicted molar refractivity (Wildman–Crippen MR) is 125 cm³/mol. The van der Waals surface area contributed by atoms with E-state index in [2.05, 4.69) is 28.9 Å². The molecule has 3 atom stereocenters. The zero-order chi connectivity index (χ0) is 22.1. The first-order chi connectivity index (χ1) is 15.6. The van der Waals surface area contributed by atoms with Crippen molar-refractivity contribution in [2.45, 2.75) is 30.9 Å². The van der Waals surface area contributed by atoms with Gasteiger partial charge in [0.15, 0.2) is 5.17 Å². The molecule has 5 rings (SSSR count). The van der Waals surface area contributed by atoms with E-state index in [0.29, 0.717) is 11.9 Å². The lowest BCUT2D eigenvalue weighted by molar-refractivity contribution is 0.0697. The standard InChI is InChI=1S/C25H23N3O3S/c1-16-14-28-23(22(27-25(28)32-16)21-4-2-3-13-26-21)18-9-11-20(12-10-18)31-15-17-5-7-19(8-6-17)24(29)30/h2-13,16,22-23H,14-15H2,1H3,(H,29,30)/t16-,22-,23-/m1/s1. The van der Waals surface area contributed by atoms with E-state index in [1.807, 2.05) is 48.3 Å². The Hall–Kier alpha value is -3.32. The SMILES string of the molecule is C[C@@H]1CN2C(=N[C@H](c3ccccn3)[C@H]2c2ccc(OCc3ccc(C(=O)O)cc3)cc2)S1. The highest BCUT2D eigenvalue weighted by molar-refractivity contribution is 8.14. The molecule has 3 aromatic rings. The maximum Gasteiger partial charge on any atom is 0.335 e. The van der Waals surface area contributed by atoms with E-state index in [1.165, 1.54) is 5.56 Å². The van der Waals surface area contributed by atoms with Crippen molar-refractivity contribution in [3.05, 3.63) is 95.3 Å². The highest BCUT2D eigenvalue weighted by atomic mass is 32.2. The van der Waals surface area contributed by atoms with Crippen molar-refractivity contribution < 1.29 is 14.6 Å². The van der Waals surface area contributed by atoms with Crippen molar-refractivity contribution in [2.24, 2.45) is 4.99 Å². The summed E-state index contributed by atoms with van der Waals surface area (Å²) >= 11 is 1.83. The molecular weight excluding hydrogens is 422 g/mol. The van der Waals surface area contributed by atoms with Crippen LogP contribution < -0.4 is 4.74 Å². The van der Waals surface area contributed by atoms with Crippen LogP contribution in [-0.4, -0.2) is 37.9 Å². The van der Waals surface area contributed by atoms with Crippen LogP contribution in [0, 0.1) is 0 Å². The summed E-state index contributed by atoms with van der Waals surface area (Å²) < 4.78 is 5.92. The highest BCUT2D eigenvalue weighted by Gasteiger charge is 2.43. The van der Waals surface area contributed by atoms with Gasteiger partial charge in [0.25, 0.3) is 0 Å². The van der Waals surface area contributed by atoms with Crippen molar-refractivity contribution in [1.29, 1.82) is 0 Å². The molecule has 2 aromatic carbocycles. The fourth-order valence-electron chi connectivity index (χ4n) is 4.15. The number of hydrogen-bond donors (Lipinski definition) is 1. The number of aromatic nitrogens is 1. The summed E-state index contributed by atoms with van der Waals surface area (Å²) in [5.74, 6) is -0.157. The lowest BCUT2D eigenvalue weighted by Crippen LogP contribution is -2.28. The number of carbonyl (C=O) groups is 1. The second kappa shape index (κ2) is 8.67. The molecule has 0 saturated carbocycles. The van der Waals surface area contributed by atoms with E-state index < -0.39 is 5.97 Å². The van der Waals surface area contributed by atoms with Gasteiger partial charge >= 0.3 is 5.97 Å². The Morgan fingerprint density at radius 2 is 1.91 bits per heavy atom. The molecule has 0 radical (unpaired) electrons. The Bertz CT molecular complexity index is 1130. The van der Waals surface area contributed by atoms with Crippen molar-refractivity contribution >= 4 is 22.9 Å². The summed E-state index contributed by atoms with van der Waals surface area (Å²) in [6, 6.07) is 21.0. The molecule has 6 nitrogen and oxygen atoms in total. The van der Waals surface area contributed by atoms with Crippen molar-refractivity contribution in [3.63, 3.8) is 0 Å². The van der Waals surface area contributed by atoms with Gasteiger partial charge in [-0.25, -0.2) is 4.79 Å². The molecule has 0 spiro atoms. The molecule has 0 amide bonds. The summed E-state index contributed by atoms with van der Waals surface area (Å²) in [5, 5.41) is 10.6. The summed E-state index contributed by atoms with van der Waals surface area (Å²) in [4.78, 5) is 23.0. The van der Waals surface area contributed by atoms with Gasteiger partial charge in [0.2, 0.25) is 0 Å². The number of carboxylic acid groups (broad SMARTS) is 1. The third-order valence-electron chi connectivity index (χ3n) is 5.71. The normalized spacial score (nSPS) is 21.8. The van der Waals surface area contributed by atoms with Gasteiger partial charge in [-0.2, -0.15) is 0 Å². The maximum atomic E-state index is 11.0. The summed E-state index contributed by atoms with van der Waals surface area (Å²) in [7, 11) is 0. The lowest BCUT2D eigenvalue weighted by Gasteiger charge is -2.27. The number of carboxylic acids is 1. The van der Waals surface area contributed by atoms with Crippen LogP contribution in [0.1, 0.15) is 46.2 Å². The molecule has 0 unspecified atom stereocenters. The van der Waals surface area contributed by atoms with Crippen LogP contribution in [0.4, 0.5) is 0 Å². The molecular formula is C25H23N3O3S. The summed E-state index contributed by atoms with van der Waals surface area (Å²) in [6.07, 6.45) is 1.83. The first-order valence-corrected chi connectivity index (χ1v) is 11.4. The molecule has 2 aliphatic rings. The molecule has 7 heteroatoms. The van der Waals surface area contributed by atoms with Crippen LogP contribution >= 0.6 is 11.8 Å². The minimum Gasteiger partial charge on any atom is -0.489 e. The van der Waals surface area contributed by atoms with Crippen LogP contribution in [-0.2, 0) is 6.61 Å². The topological polar surface area (TPSA) is 75.0 Å². The Kier molecular flexibility index (Phi) is 5.57. The van der Waals surface area contributed by atoms with Gasteiger partial charge < -0.3 is 14.7 Å². The van der Waals surface area contributed by atoms with E-state index >= 15 is 0 Å². The molecule has 32 heavy (non-hydrogen) atoms. The number of pyridine rings is 1. The Morgan fingerprint density at radius 3 is 2.59 bits per heavy atom. The largest absolute Gasteiger partial charge is 0.489 e. The number of aromatic carboxylic acids is 1. The molecule has 1 fully saturated rings. The Labute approximate surface area is 191 Å². The number of fused-ring (bicyclic) bond motifs is 1. The fourth-order valence-corrected chi connectivity index (χ4v) is 5.24. The summed E-state index contributed by atoms with van der Waals surface area (Å²) in [6.45, 7) is 3.59. The van der Waals surface area contributed by atoms with Crippen LogP contribution in [0.5, 0.6) is 5.75 Å². The monoisotopic (exact) mass is 445 g/mol. The molecule has 162 valence electrons. The van der Waals surface area contributed by atoms with E-state index in [9.17, 15) is 4.79 Å². The van der Waals surface area contributed by atoms with E-state index in [1.54, 1.807) is 24.3 Å². The van der Waals surface area contributed by atoms with Crippen molar-refractivity contribution in [1.82, 2.24) is 9.88 Å².